The molecular formula is C14H15FN2O. The van der Waals surface area contributed by atoms with E-state index in [0.29, 0.717) is 13.1 Å². The van der Waals surface area contributed by atoms with Crippen molar-refractivity contribution in [2.75, 3.05) is 11.9 Å². The number of aryl methyl sites for hydroxylation is 1. The highest BCUT2D eigenvalue weighted by atomic mass is 19.1. The molecule has 0 saturated carbocycles. The molecule has 2 rings (SSSR count). The lowest BCUT2D eigenvalue weighted by Crippen LogP contribution is -2.24. The van der Waals surface area contributed by atoms with Crippen molar-refractivity contribution in [1.29, 1.82) is 0 Å². The fourth-order valence-corrected chi connectivity index (χ4v) is 1.79. The summed E-state index contributed by atoms with van der Waals surface area (Å²) >= 11 is 0. The van der Waals surface area contributed by atoms with Crippen molar-refractivity contribution in [3.8, 4) is 0 Å². The van der Waals surface area contributed by atoms with Crippen LogP contribution in [0.1, 0.15) is 5.69 Å². The van der Waals surface area contributed by atoms with Crippen molar-refractivity contribution < 1.29 is 4.39 Å². The number of hydrogen-bond donors (Lipinski definition) is 1. The van der Waals surface area contributed by atoms with E-state index >= 15 is 0 Å². The Labute approximate surface area is 105 Å². The van der Waals surface area contributed by atoms with Gasteiger partial charge in [-0.15, -0.1) is 0 Å². The molecule has 18 heavy (non-hydrogen) atoms. The van der Waals surface area contributed by atoms with Gasteiger partial charge in [-0.05, 0) is 37.3 Å². The first-order chi connectivity index (χ1) is 8.66. The smallest absolute Gasteiger partial charge is 0.250 e. The lowest BCUT2D eigenvalue weighted by atomic mass is 10.3. The molecule has 2 aromatic rings. The van der Waals surface area contributed by atoms with E-state index in [9.17, 15) is 9.18 Å². The minimum absolute atomic E-state index is 0.00379. The van der Waals surface area contributed by atoms with Gasteiger partial charge in [-0.2, -0.15) is 0 Å². The van der Waals surface area contributed by atoms with Gasteiger partial charge in [0, 0.05) is 30.5 Å². The maximum Gasteiger partial charge on any atom is 0.250 e. The van der Waals surface area contributed by atoms with Crippen LogP contribution in [0.5, 0.6) is 0 Å². The van der Waals surface area contributed by atoms with Crippen LogP contribution in [0.4, 0.5) is 10.1 Å². The summed E-state index contributed by atoms with van der Waals surface area (Å²) in [5.41, 5.74) is 1.78. The molecule has 0 atom stereocenters. The SMILES string of the molecule is Cc1cccc(=O)n1CCNc1ccc(F)cc1. The summed E-state index contributed by atoms with van der Waals surface area (Å²) in [4.78, 5) is 11.6. The van der Waals surface area contributed by atoms with E-state index in [4.69, 9.17) is 0 Å². The van der Waals surface area contributed by atoms with E-state index < -0.39 is 0 Å². The molecule has 0 unspecified atom stereocenters. The Hall–Kier alpha value is -2.10. The van der Waals surface area contributed by atoms with E-state index in [1.807, 2.05) is 13.0 Å². The average molecular weight is 246 g/mol. The molecule has 94 valence electrons. The first-order valence-corrected chi connectivity index (χ1v) is 5.83. The minimum atomic E-state index is -0.254. The number of nitrogens with zero attached hydrogens (tertiary/aromatic N) is 1. The van der Waals surface area contributed by atoms with E-state index in [1.54, 1.807) is 28.8 Å². The van der Waals surface area contributed by atoms with Crippen LogP contribution in [-0.2, 0) is 6.54 Å². The van der Waals surface area contributed by atoms with Crippen molar-refractivity contribution in [3.05, 3.63) is 64.3 Å². The van der Waals surface area contributed by atoms with Gasteiger partial charge in [0.1, 0.15) is 5.82 Å². The number of aromatic nitrogens is 1. The molecule has 0 bridgehead atoms. The minimum Gasteiger partial charge on any atom is -0.383 e. The fourth-order valence-electron chi connectivity index (χ4n) is 1.79. The van der Waals surface area contributed by atoms with Crippen LogP contribution >= 0.6 is 0 Å². The average Bonchev–Trinajstić information content (AvgIpc) is 2.35. The molecule has 0 fully saturated rings. The second-order valence-corrected chi connectivity index (χ2v) is 4.09. The van der Waals surface area contributed by atoms with Gasteiger partial charge in [-0.1, -0.05) is 6.07 Å². The first-order valence-electron chi connectivity index (χ1n) is 5.83. The number of pyridine rings is 1. The van der Waals surface area contributed by atoms with Crippen molar-refractivity contribution in [2.45, 2.75) is 13.5 Å². The van der Waals surface area contributed by atoms with Crippen LogP contribution in [0, 0.1) is 12.7 Å². The summed E-state index contributed by atoms with van der Waals surface area (Å²) in [5, 5.41) is 3.15. The van der Waals surface area contributed by atoms with Gasteiger partial charge in [-0.25, -0.2) is 4.39 Å². The quantitative estimate of drug-likeness (QED) is 0.898. The Balaban J connectivity index is 1.96. The van der Waals surface area contributed by atoms with Crippen molar-refractivity contribution in [2.24, 2.45) is 0 Å². The van der Waals surface area contributed by atoms with Crippen LogP contribution in [0.25, 0.3) is 0 Å². The summed E-state index contributed by atoms with van der Waals surface area (Å²) in [6.07, 6.45) is 0. The van der Waals surface area contributed by atoms with Gasteiger partial charge in [-0.3, -0.25) is 4.79 Å². The summed E-state index contributed by atoms with van der Waals surface area (Å²) < 4.78 is 14.4. The van der Waals surface area contributed by atoms with E-state index in [-0.39, 0.29) is 11.4 Å². The number of anilines is 1. The molecule has 0 radical (unpaired) electrons. The molecule has 0 aliphatic heterocycles. The largest absolute Gasteiger partial charge is 0.383 e. The van der Waals surface area contributed by atoms with Gasteiger partial charge >= 0.3 is 0 Å². The summed E-state index contributed by atoms with van der Waals surface area (Å²) in [6.45, 7) is 3.11. The summed E-state index contributed by atoms with van der Waals surface area (Å²) in [6, 6.07) is 11.4. The second-order valence-electron chi connectivity index (χ2n) is 4.09. The van der Waals surface area contributed by atoms with Crippen LogP contribution in [0.15, 0.2) is 47.3 Å². The lowest BCUT2D eigenvalue weighted by molar-refractivity contribution is 0.628. The van der Waals surface area contributed by atoms with Crippen LogP contribution in [0.3, 0.4) is 0 Å². The maximum atomic E-state index is 12.7. The Morgan fingerprint density at radius 2 is 1.89 bits per heavy atom. The van der Waals surface area contributed by atoms with Crippen LogP contribution in [0.2, 0.25) is 0 Å². The molecule has 1 aromatic carbocycles. The third-order valence-electron chi connectivity index (χ3n) is 2.78. The van der Waals surface area contributed by atoms with E-state index in [0.717, 1.165) is 11.4 Å². The van der Waals surface area contributed by atoms with Crippen molar-refractivity contribution in [3.63, 3.8) is 0 Å². The number of benzene rings is 1. The molecule has 1 N–H and O–H groups in total. The van der Waals surface area contributed by atoms with Gasteiger partial charge in [0.2, 0.25) is 0 Å². The molecular weight excluding hydrogens is 231 g/mol. The maximum absolute atomic E-state index is 12.7. The highest BCUT2D eigenvalue weighted by molar-refractivity contribution is 5.42. The molecule has 1 heterocycles. The number of nitrogens with one attached hydrogen (secondary N) is 1. The monoisotopic (exact) mass is 246 g/mol. The normalized spacial score (nSPS) is 10.3. The van der Waals surface area contributed by atoms with Gasteiger partial charge in [0.15, 0.2) is 0 Å². The topological polar surface area (TPSA) is 34.0 Å². The molecule has 3 nitrogen and oxygen atoms in total. The second kappa shape index (κ2) is 5.49. The van der Waals surface area contributed by atoms with Gasteiger partial charge in [0.25, 0.3) is 5.56 Å². The number of rotatable bonds is 4. The predicted octanol–water partition coefficient (Wildman–Crippen LogP) is 2.41. The highest BCUT2D eigenvalue weighted by Gasteiger charge is 1.99. The van der Waals surface area contributed by atoms with Crippen LogP contribution in [-0.4, -0.2) is 11.1 Å². The summed E-state index contributed by atoms with van der Waals surface area (Å²) in [7, 11) is 0. The fraction of sp³-hybridized carbons (Fsp3) is 0.214. The summed E-state index contributed by atoms with van der Waals surface area (Å²) in [5.74, 6) is -0.254. The van der Waals surface area contributed by atoms with Gasteiger partial charge in [0.05, 0.1) is 0 Å². The Kier molecular flexibility index (Phi) is 3.77. The standard InChI is InChI=1S/C14H15FN2O/c1-11-3-2-4-14(18)17(11)10-9-16-13-7-5-12(15)6-8-13/h2-8,16H,9-10H2,1H3. The lowest BCUT2D eigenvalue weighted by Gasteiger charge is -2.10. The third-order valence-corrected chi connectivity index (χ3v) is 2.78. The highest BCUT2D eigenvalue weighted by Crippen LogP contribution is 2.07. The van der Waals surface area contributed by atoms with E-state index in [1.165, 1.54) is 12.1 Å². The third kappa shape index (κ3) is 2.97. The molecule has 1 aromatic heterocycles. The molecule has 4 heteroatoms. The zero-order valence-electron chi connectivity index (χ0n) is 10.2. The zero-order valence-corrected chi connectivity index (χ0v) is 10.2. The molecule has 0 aliphatic rings. The Morgan fingerprint density at radius 3 is 2.56 bits per heavy atom. The molecule has 0 amide bonds. The van der Waals surface area contributed by atoms with Crippen molar-refractivity contribution >= 4 is 5.69 Å². The molecule has 0 saturated heterocycles. The number of halogens is 1. The van der Waals surface area contributed by atoms with E-state index in [2.05, 4.69) is 5.32 Å². The Bertz CT molecular complexity index is 575. The van der Waals surface area contributed by atoms with Gasteiger partial charge < -0.3 is 9.88 Å². The molecule has 0 spiro atoms. The Morgan fingerprint density at radius 1 is 1.17 bits per heavy atom. The molecule has 0 aliphatic carbocycles. The van der Waals surface area contributed by atoms with Crippen molar-refractivity contribution in [1.82, 2.24) is 4.57 Å². The van der Waals surface area contributed by atoms with Crippen LogP contribution < -0.4 is 10.9 Å². The predicted molar refractivity (Wildman–Crippen MR) is 70.3 cm³/mol. The number of hydrogen-bond acceptors (Lipinski definition) is 2. The first kappa shape index (κ1) is 12.4. The zero-order chi connectivity index (χ0) is 13.0.